The van der Waals surface area contributed by atoms with E-state index < -0.39 is 20.4 Å². The van der Waals surface area contributed by atoms with Crippen LogP contribution in [0.4, 0.5) is 4.39 Å². The number of hydrogen-bond donors (Lipinski definition) is 1. The summed E-state index contributed by atoms with van der Waals surface area (Å²) >= 11 is 0. The summed E-state index contributed by atoms with van der Waals surface area (Å²) in [5, 5.41) is 11.8. The molecule has 0 aliphatic rings. The average molecular weight is 317 g/mol. The monoisotopic (exact) mass is 317 g/mol. The van der Waals surface area contributed by atoms with Crippen LogP contribution in [0.25, 0.3) is 0 Å². The first-order chi connectivity index (χ1) is 9.58. The molecule has 0 fully saturated rings. The molecule has 0 aromatic heterocycles. The molecule has 1 N–H and O–H groups in total. The lowest BCUT2D eigenvalue weighted by molar-refractivity contribution is 0.317. The third-order valence-electron chi connectivity index (χ3n) is 3.02. The summed E-state index contributed by atoms with van der Waals surface area (Å²) in [6.07, 6.45) is 0. The van der Waals surface area contributed by atoms with Gasteiger partial charge >= 0.3 is 0 Å². The summed E-state index contributed by atoms with van der Waals surface area (Å²) in [5.41, 5.74) is 0.467. The number of benzene rings is 1. The molecule has 1 rings (SSSR count). The number of hydrogen-bond acceptors (Lipinski definition) is 5. The number of sulfone groups is 1. The van der Waals surface area contributed by atoms with E-state index in [0.29, 0.717) is 0 Å². The van der Waals surface area contributed by atoms with E-state index in [1.165, 1.54) is 25.1 Å². The summed E-state index contributed by atoms with van der Waals surface area (Å²) in [6.45, 7) is 6.29. The second-order valence-electron chi connectivity index (χ2n) is 5.61. The predicted octanol–water partition coefficient (Wildman–Crippen LogP) is 2.62. The molecule has 5 nitrogen and oxygen atoms in total. The molecular weight excluding hydrogens is 297 g/mol. The summed E-state index contributed by atoms with van der Waals surface area (Å²) in [5.74, 6) is -0.374. The molecule has 0 saturated carbocycles. The highest BCUT2D eigenvalue weighted by Crippen LogP contribution is 2.22. The maximum Gasteiger partial charge on any atom is 0.158 e. The minimum Gasteiger partial charge on any atom is -0.492 e. The zero-order valence-corrected chi connectivity index (χ0v) is 13.4. The highest BCUT2D eigenvalue weighted by Gasteiger charge is 2.28. The van der Waals surface area contributed by atoms with Crippen LogP contribution >= 0.6 is 0 Å². The number of nitrogens with zero attached hydrogens (tertiary/aromatic N) is 1. The molecule has 0 atom stereocenters. The Labute approximate surface area is 124 Å². The van der Waals surface area contributed by atoms with E-state index in [1.54, 1.807) is 20.8 Å². The van der Waals surface area contributed by atoms with Crippen LogP contribution in [0.1, 0.15) is 33.3 Å². The zero-order valence-electron chi connectivity index (χ0n) is 12.6. The van der Waals surface area contributed by atoms with Crippen molar-refractivity contribution in [2.24, 2.45) is 5.16 Å². The van der Waals surface area contributed by atoms with Crippen molar-refractivity contribution in [3.63, 3.8) is 0 Å². The van der Waals surface area contributed by atoms with Gasteiger partial charge in [-0.2, -0.15) is 0 Å². The SMILES string of the molecule is C/C(=N/O)c1cc(F)ccc1OCCS(=O)(=O)C(C)(C)C. The van der Waals surface area contributed by atoms with Crippen LogP contribution in [-0.2, 0) is 9.84 Å². The molecule has 0 radical (unpaired) electrons. The highest BCUT2D eigenvalue weighted by molar-refractivity contribution is 7.92. The van der Waals surface area contributed by atoms with Crippen LogP contribution in [0.15, 0.2) is 23.4 Å². The smallest absolute Gasteiger partial charge is 0.158 e. The van der Waals surface area contributed by atoms with Crippen LogP contribution in [-0.4, -0.2) is 36.4 Å². The molecule has 7 heteroatoms. The third kappa shape index (κ3) is 4.42. The maximum atomic E-state index is 13.2. The van der Waals surface area contributed by atoms with Crippen molar-refractivity contribution < 1.29 is 22.8 Å². The Balaban J connectivity index is 2.87. The Morgan fingerprint density at radius 2 is 2.00 bits per heavy atom. The van der Waals surface area contributed by atoms with Crippen molar-refractivity contribution in [1.29, 1.82) is 0 Å². The second kappa shape index (κ2) is 6.43. The van der Waals surface area contributed by atoms with E-state index in [9.17, 15) is 12.8 Å². The molecule has 1 aromatic carbocycles. The van der Waals surface area contributed by atoms with Gasteiger partial charge < -0.3 is 9.94 Å². The topological polar surface area (TPSA) is 76.0 Å². The fourth-order valence-corrected chi connectivity index (χ4v) is 2.45. The molecule has 118 valence electrons. The highest BCUT2D eigenvalue weighted by atomic mass is 32.2. The van der Waals surface area contributed by atoms with E-state index in [4.69, 9.17) is 9.94 Å². The van der Waals surface area contributed by atoms with Crippen LogP contribution in [0, 0.1) is 5.82 Å². The Hall–Kier alpha value is -1.63. The lowest BCUT2D eigenvalue weighted by Crippen LogP contribution is -2.32. The quantitative estimate of drug-likeness (QED) is 0.514. The first kappa shape index (κ1) is 17.4. The van der Waals surface area contributed by atoms with Crippen molar-refractivity contribution >= 4 is 15.5 Å². The van der Waals surface area contributed by atoms with Crippen molar-refractivity contribution in [1.82, 2.24) is 0 Å². The number of ether oxygens (including phenoxy) is 1. The normalized spacial score (nSPS) is 13.3. The van der Waals surface area contributed by atoms with Crippen molar-refractivity contribution in [2.75, 3.05) is 12.4 Å². The van der Waals surface area contributed by atoms with Gasteiger partial charge in [0, 0.05) is 5.56 Å². The van der Waals surface area contributed by atoms with E-state index >= 15 is 0 Å². The lowest BCUT2D eigenvalue weighted by Gasteiger charge is -2.19. The predicted molar refractivity (Wildman–Crippen MR) is 79.4 cm³/mol. The number of halogens is 1. The Bertz CT molecular complexity index is 633. The van der Waals surface area contributed by atoms with Crippen LogP contribution in [0.5, 0.6) is 5.75 Å². The van der Waals surface area contributed by atoms with Gasteiger partial charge in [-0.05, 0) is 45.9 Å². The molecule has 1 aromatic rings. The molecule has 0 saturated heterocycles. The molecule has 0 amide bonds. The largest absolute Gasteiger partial charge is 0.492 e. The lowest BCUT2D eigenvalue weighted by atomic mass is 10.1. The van der Waals surface area contributed by atoms with Crippen LogP contribution in [0.3, 0.4) is 0 Å². The zero-order chi connectivity index (χ0) is 16.3. The van der Waals surface area contributed by atoms with Gasteiger partial charge in [-0.1, -0.05) is 5.16 Å². The second-order valence-corrected chi connectivity index (χ2v) is 8.47. The summed E-state index contributed by atoms with van der Waals surface area (Å²) in [7, 11) is -3.29. The van der Waals surface area contributed by atoms with Gasteiger partial charge in [0.1, 0.15) is 18.2 Å². The van der Waals surface area contributed by atoms with Gasteiger partial charge in [0.2, 0.25) is 0 Å². The Morgan fingerprint density at radius 1 is 1.38 bits per heavy atom. The van der Waals surface area contributed by atoms with Gasteiger partial charge in [0.25, 0.3) is 0 Å². The maximum absolute atomic E-state index is 13.2. The minimum atomic E-state index is -3.29. The summed E-state index contributed by atoms with van der Waals surface area (Å²) in [4.78, 5) is 0. The summed E-state index contributed by atoms with van der Waals surface area (Å²) in [6, 6.07) is 3.74. The van der Waals surface area contributed by atoms with Crippen LogP contribution < -0.4 is 4.74 Å². The molecule has 0 aliphatic carbocycles. The molecule has 0 spiro atoms. The first-order valence-electron chi connectivity index (χ1n) is 6.42. The average Bonchev–Trinajstić information content (AvgIpc) is 2.38. The van der Waals surface area contributed by atoms with Gasteiger partial charge in [-0.25, -0.2) is 12.8 Å². The molecular formula is C14H20FNO4S. The fourth-order valence-electron chi connectivity index (χ4n) is 1.53. The number of rotatable bonds is 5. The Kier molecular flexibility index (Phi) is 5.33. The fraction of sp³-hybridized carbons (Fsp3) is 0.500. The van der Waals surface area contributed by atoms with Gasteiger partial charge in [0.05, 0.1) is 16.2 Å². The van der Waals surface area contributed by atoms with Crippen LogP contribution in [0.2, 0.25) is 0 Å². The van der Waals surface area contributed by atoms with E-state index in [-0.39, 0.29) is 29.4 Å². The molecule has 0 heterocycles. The third-order valence-corrected chi connectivity index (χ3v) is 5.59. The molecule has 0 bridgehead atoms. The van der Waals surface area contributed by atoms with Gasteiger partial charge in [-0.3, -0.25) is 0 Å². The van der Waals surface area contributed by atoms with E-state index in [0.717, 1.165) is 0 Å². The molecule has 21 heavy (non-hydrogen) atoms. The standard InChI is InChI=1S/C14H20FNO4S/c1-10(16-17)12-9-11(15)5-6-13(12)20-7-8-21(18,19)14(2,3)4/h5-6,9,17H,7-8H2,1-4H3/b16-10-. The van der Waals surface area contributed by atoms with Crippen molar-refractivity contribution in [3.05, 3.63) is 29.6 Å². The number of oxime groups is 1. The Morgan fingerprint density at radius 3 is 2.52 bits per heavy atom. The first-order valence-corrected chi connectivity index (χ1v) is 8.07. The van der Waals surface area contributed by atoms with Gasteiger partial charge in [-0.15, -0.1) is 0 Å². The molecule has 0 unspecified atom stereocenters. The van der Waals surface area contributed by atoms with Crippen molar-refractivity contribution in [2.45, 2.75) is 32.4 Å². The summed E-state index contributed by atoms with van der Waals surface area (Å²) < 4.78 is 41.7. The van der Waals surface area contributed by atoms with Gasteiger partial charge in [0.15, 0.2) is 9.84 Å². The molecule has 0 aliphatic heterocycles. The van der Waals surface area contributed by atoms with Crippen molar-refractivity contribution in [3.8, 4) is 5.75 Å². The minimum absolute atomic E-state index is 0.0586. The van der Waals surface area contributed by atoms with E-state index in [2.05, 4.69) is 5.16 Å². The van der Waals surface area contributed by atoms with E-state index in [1.807, 2.05) is 0 Å².